The first kappa shape index (κ1) is 9.00. The van der Waals surface area contributed by atoms with Gasteiger partial charge in [0.2, 0.25) is 0 Å². The van der Waals surface area contributed by atoms with E-state index >= 15 is 0 Å². The van der Waals surface area contributed by atoms with Crippen LogP contribution in [0, 0.1) is 6.92 Å². The molecule has 0 fully saturated rings. The maximum Gasteiger partial charge on any atom is 0.125 e. The van der Waals surface area contributed by atoms with Crippen LogP contribution in [0.3, 0.4) is 0 Å². The number of hydrogen-bond donors (Lipinski definition) is 1. The van der Waals surface area contributed by atoms with Gasteiger partial charge in [0.15, 0.2) is 0 Å². The van der Waals surface area contributed by atoms with Gasteiger partial charge in [-0.1, -0.05) is 0 Å². The quantitative estimate of drug-likeness (QED) is 0.737. The van der Waals surface area contributed by atoms with Crippen LogP contribution >= 0.6 is 0 Å². The predicted octanol–water partition coefficient (Wildman–Crippen LogP) is 1.28. The fourth-order valence-corrected chi connectivity index (χ4v) is 1.03. The lowest BCUT2D eigenvalue weighted by Gasteiger charge is -2.08. The van der Waals surface area contributed by atoms with Gasteiger partial charge in [-0.05, 0) is 19.9 Å². The van der Waals surface area contributed by atoms with Crippen molar-refractivity contribution >= 4 is 0 Å². The summed E-state index contributed by atoms with van der Waals surface area (Å²) in [6.45, 7) is 4.42. The number of pyridine rings is 1. The molecule has 3 heteroatoms. The molecule has 1 rings (SSSR count). The highest BCUT2D eigenvalue weighted by atomic mass is 16.5. The third kappa shape index (κ3) is 1.74. The van der Waals surface area contributed by atoms with Crippen molar-refractivity contribution in [2.24, 2.45) is 0 Å². The van der Waals surface area contributed by atoms with Crippen molar-refractivity contribution < 1.29 is 9.84 Å². The summed E-state index contributed by atoms with van der Waals surface area (Å²) in [5, 5.41) is 8.89. The normalized spacial score (nSPS) is 9.92. The van der Waals surface area contributed by atoms with Crippen LogP contribution in [0.2, 0.25) is 0 Å². The zero-order valence-electron chi connectivity index (χ0n) is 7.37. The summed E-state index contributed by atoms with van der Waals surface area (Å²) in [4.78, 5) is 4.01. The van der Waals surface area contributed by atoms with Crippen molar-refractivity contribution in [2.75, 3.05) is 6.61 Å². The van der Waals surface area contributed by atoms with E-state index in [0.29, 0.717) is 12.3 Å². The van der Waals surface area contributed by atoms with E-state index in [9.17, 15) is 0 Å². The number of aromatic nitrogens is 1. The molecule has 0 aliphatic rings. The second-order valence-electron chi connectivity index (χ2n) is 2.47. The monoisotopic (exact) mass is 167 g/mol. The lowest BCUT2D eigenvalue weighted by molar-refractivity contribution is 0.273. The van der Waals surface area contributed by atoms with E-state index in [1.54, 1.807) is 12.3 Å². The van der Waals surface area contributed by atoms with E-state index in [-0.39, 0.29) is 6.61 Å². The zero-order chi connectivity index (χ0) is 8.97. The van der Waals surface area contributed by atoms with Crippen molar-refractivity contribution in [1.29, 1.82) is 0 Å². The number of ether oxygens (including phenoxy) is 1. The molecule has 0 radical (unpaired) electrons. The predicted molar refractivity (Wildman–Crippen MR) is 46.1 cm³/mol. The molecule has 0 atom stereocenters. The Balaban J connectivity index is 2.97. The summed E-state index contributed by atoms with van der Waals surface area (Å²) in [5.74, 6) is 0.802. The van der Waals surface area contributed by atoms with Crippen LogP contribution in [0.4, 0.5) is 0 Å². The number of aliphatic hydroxyl groups is 1. The molecule has 66 valence electrons. The van der Waals surface area contributed by atoms with Gasteiger partial charge in [-0.3, -0.25) is 4.98 Å². The molecule has 1 heterocycles. The SMILES string of the molecule is CCOc1ccnc(CO)c1C. The molecule has 1 aromatic heterocycles. The van der Waals surface area contributed by atoms with Gasteiger partial charge in [0.25, 0.3) is 0 Å². The van der Waals surface area contributed by atoms with Crippen molar-refractivity contribution in [3.05, 3.63) is 23.5 Å². The van der Waals surface area contributed by atoms with Gasteiger partial charge in [0.05, 0.1) is 18.9 Å². The summed E-state index contributed by atoms with van der Waals surface area (Å²) in [6.07, 6.45) is 1.64. The summed E-state index contributed by atoms with van der Waals surface area (Å²) in [5.41, 5.74) is 1.60. The highest BCUT2D eigenvalue weighted by Crippen LogP contribution is 2.18. The third-order valence-corrected chi connectivity index (χ3v) is 1.71. The van der Waals surface area contributed by atoms with Gasteiger partial charge >= 0.3 is 0 Å². The largest absolute Gasteiger partial charge is 0.493 e. The lowest BCUT2D eigenvalue weighted by Crippen LogP contribution is -1.99. The molecule has 0 aliphatic heterocycles. The molecule has 12 heavy (non-hydrogen) atoms. The average molecular weight is 167 g/mol. The molecule has 0 aromatic carbocycles. The van der Waals surface area contributed by atoms with Crippen LogP contribution in [-0.4, -0.2) is 16.7 Å². The van der Waals surface area contributed by atoms with E-state index in [1.807, 2.05) is 13.8 Å². The Morgan fingerprint density at radius 1 is 1.58 bits per heavy atom. The third-order valence-electron chi connectivity index (χ3n) is 1.71. The van der Waals surface area contributed by atoms with Crippen LogP contribution in [0.15, 0.2) is 12.3 Å². The Hall–Kier alpha value is -1.09. The summed E-state index contributed by atoms with van der Waals surface area (Å²) in [6, 6.07) is 1.80. The van der Waals surface area contributed by atoms with Crippen LogP contribution in [0.25, 0.3) is 0 Å². The van der Waals surface area contributed by atoms with E-state index in [2.05, 4.69) is 4.98 Å². The summed E-state index contributed by atoms with van der Waals surface area (Å²) in [7, 11) is 0. The highest BCUT2D eigenvalue weighted by molar-refractivity contribution is 5.34. The number of hydrogen-bond acceptors (Lipinski definition) is 3. The topological polar surface area (TPSA) is 42.4 Å². The Bertz CT molecular complexity index is 261. The van der Waals surface area contributed by atoms with E-state index in [4.69, 9.17) is 9.84 Å². The Labute approximate surface area is 72.0 Å². The van der Waals surface area contributed by atoms with Crippen molar-refractivity contribution in [3.8, 4) is 5.75 Å². The molecule has 1 aromatic rings. The molecule has 0 unspecified atom stereocenters. The van der Waals surface area contributed by atoms with Crippen LogP contribution in [0.1, 0.15) is 18.2 Å². The smallest absolute Gasteiger partial charge is 0.125 e. The Morgan fingerprint density at radius 3 is 2.92 bits per heavy atom. The number of aliphatic hydroxyl groups excluding tert-OH is 1. The Kier molecular flexibility index (Phi) is 3.05. The average Bonchev–Trinajstić information content (AvgIpc) is 2.09. The fraction of sp³-hybridized carbons (Fsp3) is 0.444. The molecule has 1 N–H and O–H groups in total. The number of nitrogens with zero attached hydrogens (tertiary/aromatic N) is 1. The molecule has 0 bridgehead atoms. The molecule has 0 spiro atoms. The summed E-state index contributed by atoms with van der Waals surface area (Å²) >= 11 is 0. The Morgan fingerprint density at radius 2 is 2.33 bits per heavy atom. The zero-order valence-corrected chi connectivity index (χ0v) is 7.37. The van der Waals surface area contributed by atoms with Crippen LogP contribution in [-0.2, 0) is 6.61 Å². The molecule has 0 saturated heterocycles. The van der Waals surface area contributed by atoms with Gasteiger partial charge in [-0.2, -0.15) is 0 Å². The second kappa shape index (κ2) is 4.07. The first-order chi connectivity index (χ1) is 5.79. The minimum atomic E-state index is -0.0350. The van der Waals surface area contributed by atoms with Crippen molar-refractivity contribution in [1.82, 2.24) is 4.98 Å². The van der Waals surface area contributed by atoms with Crippen molar-refractivity contribution in [2.45, 2.75) is 20.5 Å². The molecule has 0 amide bonds. The standard InChI is InChI=1S/C9H13NO2/c1-3-12-9-4-5-10-8(6-11)7(9)2/h4-5,11H,3,6H2,1-2H3. The number of rotatable bonds is 3. The molecular formula is C9H13NO2. The highest BCUT2D eigenvalue weighted by Gasteiger charge is 2.03. The van der Waals surface area contributed by atoms with E-state index < -0.39 is 0 Å². The van der Waals surface area contributed by atoms with Gasteiger partial charge in [0, 0.05) is 11.8 Å². The fourth-order valence-electron chi connectivity index (χ4n) is 1.03. The first-order valence-electron chi connectivity index (χ1n) is 3.97. The lowest BCUT2D eigenvalue weighted by atomic mass is 10.2. The maximum absolute atomic E-state index is 8.89. The van der Waals surface area contributed by atoms with Crippen molar-refractivity contribution in [3.63, 3.8) is 0 Å². The molecule has 0 aliphatic carbocycles. The first-order valence-corrected chi connectivity index (χ1v) is 3.97. The minimum absolute atomic E-state index is 0.0350. The van der Waals surface area contributed by atoms with Gasteiger partial charge in [0.1, 0.15) is 5.75 Å². The second-order valence-corrected chi connectivity index (χ2v) is 2.47. The summed E-state index contributed by atoms with van der Waals surface area (Å²) < 4.78 is 5.33. The van der Waals surface area contributed by atoms with Gasteiger partial charge < -0.3 is 9.84 Å². The maximum atomic E-state index is 8.89. The van der Waals surface area contributed by atoms with E-state index in [0.717, 1.165) is 11.3 Å². The van der Waals surface area contributed by atoms with Crippen LogP contribution in [0.5, 0.6) is 5.75 Å². The molecule has 0 saturated carbocycles. The minimum Gasteiger partial charge on any atom is -0.493 e. The molecule has 3 nitrogen and oxygen atoms in total. The van der Waals surface area contributed by atoms with E-state index in [1.165, 1.54) is 0 Å². The van der Waals surface area contributed by atoms with Gasteiger partial charge in [-0.15, -0.1) is 0 Å². The van der Waals surface area contributed by atoms with Gasteiger partial charge in [-0.25, -0.2) is 0 Å². The van der Waals surface area contributed by atoms with Crippen LogP contribution < -0.4 is 4.74 Å². The molecular weight excluding hydrogens is 154 g/mol.